The van der Waals surface area contributed by atoms with Gasteiger partial charge in [0.05, 0.1) is 19.8 Å². The molecule has 4 rings (SSSR count). The lowest BCUT2D eigenvalue weighted by molar-refractivity contribution is 0.171. The largest absolute Gasteiger partial charge is 0.497 e. The van der Waals surface area contributed by atoms with E-state index < -0.39 is 0 Å². The fourth-order valence-electron chi connectivity index (χ4n) is 3.06. The van der Waals surface area contributed by atoms with Crippen molar-refractivity contribution in [2.45, 2.75) is 6.61 Å². The summed E-state index contributed by atoms with van der Waals surface area (Å²) in [5, 5.41) is 0. The summed E-state index contributed by atoms with van der Waals surface area (Å²) < 4.78 is 28.3. The zero-order valence-electron chi connectivity index (χ0n) is 15.2. The van der Waals surface area contributed by atoms with Crippen LogP contribution in [-0.2, 0) is 6.61 Å². The van der Waals surface area contributed by atoms with Crippen LogP contribution in [0.25, 0.3) is 11.1 Å². The minimum atomic E-state index is 0.163. The standard InChI is InChI=1S/C22H20O5/c1-23-17-10-8-16(9-11-17)20-18(25-13-15-6-4-3-5-7-15)12-19-21(22(20)24-2)27-14-26-19/h3-12H,13-14H2,1-2H3. The molecule has 1 heterocycles. The van der Waals surface area contributed by atoms with Crippen LogP contribution in [0.4, 0.5) is 0 Å². The van der Waals surface area contributed by atoms with Crippen LogP contribution < -0.4 is 23.7 Å². The van der Waals surface area contributed by atoms with E-state index in [9.17, 15) is 0 Å². The van der Waals surface area contributed by atoms with Gasteiger partial charge in [0.15, 0.2) is 11.5 Å². The summed E-state index contributed by atoms with van der Waals surface area (Å²) in [6.45, 7) is 0.600. The second kappa shape index (κ2) is 7.50. The Labute approximate surface area is 158 Å². The van der Waals surface area contributed by atoms with Crippen LogP contribution in [-0.4, -0.2) is 21.0 Å². The van der Waals surface area contributed by atoms with Crippen LogP contribution in [0.5, 0.6) is 28.7 Å². The number of hydrogen-bond acceptors (Lipinski definition) is 5. The predicted octanol–water partition coefficient (Wildman–Crippen LogP) is 4.68. The summed E-state index contributed by atoms with van der Waals surface area (Å²) >= 11 is 0. The van der Waals surface area contributed by atoms with Crippen molar-refractivity contribution in [1.29, 1.82) is 0 Å². The van der Waals surface area contributed by atoms with Crippen LogP contribution in [0.3, 0.4) is 0 Å². The van der Waals surface area contributed by atoms with E-state index in [1.807, 2.05) is 60.7 Å². The van der Waals surface area contributed by atoms with Gasteiger partial charge in [-0.2, -0.15) is 0 Å². The van der Waals surface area contributed by atoms with Crippen molar-refractivity contribution in [3.05, 3.63) is 66.2 Å². The number of fused-ring (bicyclic) bond motifs is 1. The number of ether oxygens (including phenoxy) is 5. The molecule has 1 aliphatic heterocycles. The van der Waals surface area contributed by atoms with Gasteiger partial charge < -0.3 is 23.7 Å². The molecule has 27 heavy (non-hydrogen) atoms. The molecule has 5 heteroatoms. The lowest BCUT2D eigenvalue weighted by Gasteiger charge is -2.17. The van der Waals surface area contributed by atoms with Crippen LogP contribution in [0.15, 0.2) is 60.7 Å². The Balaban J connectivity index is 1.78. The van der Waals surface area contributed by atoms with Crippen molar-refractivity contribution in [2.24, 2.45) is 0 Å². The van der Waals surface area contributed by atoms with Crippen molar-refractivity contribution in [3.8, 4) is 39.9 Å². The maximum absolute atomic E-state index is 6.16. The highest BCUT2D eigenvalue weighted by atomic mass is 16.7. The van der Waals surface area contributed by atoms with Gasteiger partial charge >= 0.3 is 0 Å². The van der Waals surface area contributed by atoms with Crippen molar-refractivity contribution in [1.82, 2.24) is 0 Å². The molecule has 5 nitrogen and oxygen atoms in total. The molecule has 0 fully saturated rings. The molecule has 0 N–H and O–H groups in total. The first-order valence-electron chi connectivity index (χ1n) is 8.62. The average molecular weight is 364 g/mol. The number of hydrogen-bond donors (Lipinski definition) is 0. The molecule has 0 saturated heterocycles. The molecule has 3 aromatic carbocycles. The third-order valence-electron chi connectivity index (χ3n) is 4.40. The Bertz CT molecular complexity index is 920. The zero-order valence-corrected chi connectivity index (χ0v) is 15.2. The fourth-order valence-corrected chi connectivity index (χ4v) is 3.06. The van der Waals surface area contributed by atoms with E-state index in [0.717, 1.165) is 22.4 Å². The molecule has 0 aromatic heterocycles. The van der Waals surface area contributed by atoms with Gasteiger partial charge in [-0.15, -0.1) is 0 Å². The van der Waals surface area contributed by atoms with Gasteiger partial charge in [0, 0.05) is 6.07 Å². The highest BCUT2D eigenvalue weighted by Gasteiger charge is 2.27. The van der Waals surface area contributed by atoms with Crippen LogP contribution in [0, 0.1) is 0 Å². The third-order valence-corrected chi connectivity index (χ3v) is 4.40. The van der Waals surface area contributed by atoms with E-state index in [0.29, 0.717) is 29.6 Å². The quantitative estimate of drug-likeness (QED) is 0.636. The molecule has 0 bridgehead atoms. The first-order chi connectivity index (χ1) is 13.3. The van der Waals surface area contributed by atoms with Crippen molar-refractivity contribution >= 4 is 0 Å². The maximum atomic E-state index is 6.16. The first kappa shape index (κ1) is 17.1. The molecule has 1 aliphatic rings. The molecule has 0 amide bonds. The summed E-state index contributed by atoms with van der Waals surface area (Å²) in [5.41, 5.74) is 2.84. The third kappa shape index (κ3) is 3.36. The number of methoxy groups -OCH3 is 2. The van der Waals surface area contributed by atoms with Gasteiger partial charge in [-0.05, 0) is 23.3 Å². The van der Waals surface area contributed by atoms with E-state index in [4.69, 9.17) is 23.7 Å². The first-order valence-corrected chi connectivity index (χ1v) is 8.62. The molecule has 0 saturated carbocycles. The average Bonchev–Trinajstić information content (AvgIpc) is 3.20. The Morgan fingerprint density at radius 3 is 2.37 bits per heavy atom. The van der Waals surface area contributed by atoms with Gasteiger partial charge in [-0.25, -0.2) is 0 Å². The summed E-state index contributed by atoms with van der Waals surface area (Å²) in [6.07, 6.45) is 0. The predicted molar refractivity (Wildman–Crippen MR) is 102 cm³/mol. The lowest BCUT2D eigenvalue weighted by Crippen LogP contribution is -1.99. The highest BCUT2D eigenvalue weighted by molar-refractivity contribution is 5.82. The Kier molecular flexibility index (Phi) is 4.75. The molecule has 138 valence electrons. The maximum Gasteiger partial charge on any atom is 0.231 e. The number of benzene rings is 3. The van der Waals surface area contributed by atoms with E-state index in [-0.39, 0.29) is 6.79 Å². The summed E-state index contributed by atoms with van der Waals surface area (Å²) in [6, 6.07) is 19.6. The molecule has 0 unspecified atom stereocenters. The zero-order chi connectivity index (χ0) is 18.6. The molecule has 0 atom stereocenters. The van der Waals surface area contributed by atoms with Gasteiger partial charge in [0.25, 0.3) is 0 Å². The lowest BCUT2D eigenvalue weighted by atomic mass is 10.0. The number of rotatable bonds is 6. The molecule has 0 spiro atoms. The van der Waals surface area contributed by atoms with E-state index in [1.54, 1.807) is 14.2 Å². The van der Waals surface area contributed by atoms with Gasteiger partial charge in [0.2, 0.25) is 12.5 Å². The minimum Gasteiger partial charge on any atom is -0.497 e. The second-order valence-electron chi connectivity index (χ2n) is 6.02. The Hall–Kier alpha value is -3.34. The van der Waals surface area contributed by atoms with Crippen LogP contribution in [0.1, 0.15) is 5.56 Å². The smallest absolute Gasteiger partial charge is 0.231 e. The van der Waals surface area contributed by atoms with Gasteiger partial charge in [-0.1, -0.05) is 42.5 Å². The Morgan fingerprint density at radius 1 is 0.889 bits per heavy atom. The van der Waals surface area contributed by atoms with E-state index >= 15 is 0 Å². The topological polar surface area (TPSA) is 46.2 Å². The van der Waals surface area contributed by atoms with Crippen LogP contribution >= 0.6 is 0 Å². The summed E-state index contributed by atoms with van der Waals surface area (Å²) in [4.78, 5) is 0. The molecular formula is C22H20O5. The normalized spacial score (nSPS) is 11.9. The van der Waals surface area contributed by atoms with Gasteiger partial charge in [0.1, 0.15) is 18.1 Å². The van der Waals surface area contributed by atoms with Gasteiger partial charge in [-0.3, -0.25) is 0 Å². The molecule has 0 aliphatic carbocycles. The molecule has 0 radical (unpaired) electrons. The minimum absolute atomic E-state index is 0.163. The molecular weight excluding hydrogens is 344 g/mol. The summed E-state index contributed by atoms with van der Waals surface area (Å²) in [7, 11) is 3.26. The summed E-state index contributed by atoms with van der Waals surface area (Å²) in [5.74, 6) is 3.26. The highest BCUT2D eigenvalue weighted by Crippen LogP contribution is 2.52. The molecule has 3 aromatic rings. The second-order valence-corrected chi connectivity index (χ2v) is 6.02. The van der Waals surface area contributed by atoms with E-state index in [2.05, 4.69) is 0 Å². The SMILES string of the molecule is COc1ccc(-c2c(OCc3ccccc3)cc3c(c2OC)OCO3)cc1. The monoisotopic (exact) mass is 364 g/mol. The van der Waals surface area contributed by atoms with E-state index in [1.165, 1.54) is 0 Å². The van der Waals surface area contributed by atoms with Crippen LogP contribution in [0.2, 0.25) is 0 Å². The van der Waals surface area contributed by atoms with Crippen molar-refractivity contribution in [2.75, 3.05) is 21.0 Å². The Morgan fingerprint density at radius 2 is 1.67 bits per heavy atom. The van der Waals surface area contributed by atoms with Crippen molar-refractivity contribution in [3.63, 3.8) is 0 Å². The fraction of sp³-hybridized carbons (Fsp3) is 0.182. The van der Waals surface area contributed by atoms with Crippen molar-refractivity contribution < 1.29 is 23.7 Å².